The van der Waals surface area contributed by atoms with Gasteiger partial charge in [-0.25, -0.2) is 19.2 Å². The molecule has 0 amide bonds. The molecule has 6 nitrogen and oxygen atoms in total. The molecule has 0 aliphatic carbocycles. The number of hydrogen-bond donors (Lipinski definition) is 2. The van der Waals surface area contributed by atoms with Gasteiger partial charge in [-0.1, -0.05) is 18.0 Å². The fourth-order valence-electron chi connectivity index (χ4n) is 2.66. The number of nitrogens with zero attached hydrogens (tertiary/aromatic N) is 2. The Morgan fingerprint density at radius 1 is 1.40 bits per heavy atom. The van der Waals surface area contributed by atoms with E-state index >= 15 is 0 Å². The fourth-order valence-corrected chi connectivity index (χ4v) is 4.80. The van der Waals surface area contributed by atoms with Crippen molar-refractivity contribution in [2.24, 2.45) is 5.84 Å². The van der Waals surface area contributed by atoms with Gasteiger partial charge in [0.1, 0.15) is 4.90 Å². The van der Waals surface area contributed by atoms with E-state index in [1.807, 2.05) is 13.8 Å². The lowest BCUT2D eigenvalue weighted by atomic mass is 10.0. The first-order valence-electron chi connectivity index (χ1n) is 6.53. The zero-order valence-corrected chi connectivity index (χ0v) is 13.1. The van der Waals surface area contributed by atoms with Crippen LogP contribution >= 0.6 is 11.6 Å². The summed E-state index contributed by atoms with van der Waals surface area (Å²) in [6, 6.07) is 1.34. The number of pyridine rings is 1. The monoisotopic (exact) mass is 318 g/mol. The smallest absolute Gasteiger partial charge is 0.245 e. The summed E-state index contributed by atoms with van der Waals surface area (Å²) in [5, 5.41) is 0.186. The van der Waals surface area contributed by atoms with Crippen molar-refractivity contribution in [2.45, 2.75) is 50.1 Å². The highest BCUT2D eigenvalue weighted by molar-refractivity contribution is 7.89. The predicted octanol–water partition coefficient (Wildman–Crippen LogP) is 1.97. The van der Waals surface area contributed by atoms with Gasteiger partial charge in [0.2, 0.25) is 10.0 Å². The summed E-state index contributed by atoms with van der Waals surface area (Å²) in [5.74, 6) is 5.49. The molecule has 0 radical (unpaired) electrons. The number of nitrogens with two attached hydrogens (primary N) is 1. The van der Waals surface area contributed by atoms with Gasteiger partial charge in [0, 0.05) is 18.3 Å². The second-order valence-electron chi connectivity index (χ2n) is 5.11. The Kier molecular flexibility index (Phi) is 4.53. The standard InChI is InChI=1S/C12H19ClN4O2S/c1-8-4-3-5-9(2)17(8)20(18,19)10-6-11(13)12(16-14)15-7-10/h6-9H,3-5,14H2,1-2H3,(H,15,16). The van der Waals surface area contributed by atoms with Crippen molar-refractivity contribution in [3.8, 4) is 0 Å². The minimum absolute atomic E-state index is 0.0187. The molecular weight excluding hydrogens is 300 g/mol. The summed E-state index contributed by atoms with van der Waals surface area (Å²) >= 11 is 5.96. The molecule has 1 aromatic rings. The molecule has 1 aromatic heterocycles. The van der Waals surface area contributed by atoms with Crippen LogP contribution in [0.1, 0.15) is 33.1 Å². The number of sulfonamides is 1. The number of halogens is 1. The average molecular weight is 319 g/mol. The minimum Gasteiger partial charge on any atom is -0.307 e. The Bertz CT molecular complexity index is 583. The first-order valence-corrected chi connectivity index (χ1v) is 8.35. The van der Waals surface area contributed by atoms with Gasteiger partial charge < -0.3 is 5.43 Å². The van der Waals surface area contributed by atoms with Crippen LogP contribution in [0.2, 0.25) is 5.02 Å². The summed E-state index contributed by atoms with van der Waals surface area (Å²) in [7, 11) is -3.59. The maximum absolute atomic E-state index is 12.7. The van der Waals surface area contributed by atoms with Crippen molar-refractivity contribution < 1.29 is 8.42 Å². The quantitative estimate of drug-likeness (QED) is 0.657. The molecule has 2 rings (SSSR count). The third-order valence-corrected chi connectivity index (χ3v) is 6.02. The lowest BCUT2D eigenvalue weighted by Crippen LogP contribution is -2.47. The molecule has 2 heterocycles. The molecule has 1 saturated heterocycles. The highest BCUT2D eigenvalue weighted by Crippen LogP contribution is 2.31. The van der Waals surface area contributed by atoms with Crippen molar-refractivity contribution in [1.82, 2.24) is 9.29 Å². The van der Waals surface area contributed by atoms with Gasteiger partial charge in [0.15, 0.2) is 5.82 Å². The molecule has 2 unspecified atom stereocenters. The predicted molar refractivity (Wildman–Crippen MR) is 78.9 cm³/mol. The Labute approximate surface area is 124 Å². The van der Waals surface area contributed by atoms with E-state index in [4.69, 9.17) is 17.4 Å². The van der Waals surface area contributed by atoms with Gasteiger partial charge >= 0.3 is 0 Å². The second-order valence-corrected chi connectivity index (χ2v) is 7.36. The van der Waals surface area contributed by atoms with Crippen LogP contribution in [0, 0.1) is 0 Å². The van der Waals surface area contributed by atoms with Crippen LogP contribution in [-0.4, -0.2) is 29.8 Å². The Hall–Kier alpha value is -0.890. The molecule has 3 N–H and O–H groups in total. The molecule has 0 spiro atoms. The van der Waals surface area contributed by atoms with Gasteiger partial charge in [-0.15, -0.1) is 0 Å². The summed E-state index contributed by atoms with van der Waals surface area (Å²) in [6.45, 7) is 3.86. The SMILES string of the molecule is CC1CCCC(C)N1S(=O)(=O)c1cnc(NN)c(Cl)c1. The fraction of sp³-hybridized carbons (Fsp3) is 0.583. The zero-order valence-electron chi connectivity index (χ0n) is 11.5. The van der Waals surface area contributed by atoms with Crippen LogP contribution in [-0.2, 0) is 10.0 Å². The Morgan fingerprint density at radius 3 is 2.50 bits per heavy atom. The molecule has 20 heavy (non-hydrogen) atoms. The molecule has 0 bridgehead atoms. The molecule has 1 fully saturated rings. The number of aromatic nitrogens is 1. The van der Waals surface area contributed by atoms with E-state index in [1.165, 1.54) is 12.3 Å². The number of hydrazine groups is 1. The molecular formula is C12H19ClN4O2S. The third-order valence-electron chi connectivity index (χ3n) is 3.64. The molecule has 112 valence electrons. The first kappa shape index (κ1) is 15.5. The van der Waals surface area contributed by atoms with E-state index in [0.29, 0.717) is 0 Å². The van der Waals surface area contributed by atoms with E-state index in [2.05, 4.69) is 10.4 Å². The molecule has 1 aliphatic heterocycles. The molecule has 2 atom stereocenters. The highest BCUT2D eigenvalue weighted by atomic mass is 35.5. The first-order chi connectivity index (χ1) is 9.37. The van der Waals surface area contributed by atoms with Crippen LogP contribution in [0.3, 0.4) is 0 Å². The summed E-state index contributed by atoms with van der Waals surface area (Å²) in [4.78, 5) is 4.03. The lowest BCUT2D eigenvalue weighted by Gasteiger charge is -2.37. The minimum atomic E-state index is -3.59. The lowest BCUT2D eigenvalue weighted by molar-refractivity contribution is 0.204. The summed E-state index contributed by atoms with van der Waals surface area (Å²) < 4.78 is 27.0. The van der Waals surface area contributed by atoms with E-state index in [1.54, 1.807) is 4.31 Å². The number of nitrogens with one attached hydrogen (secondary N) is 1. The molecule has 8 heteroatoms. The maximum Gasteiger partial charge on any atom is 0.245 e. The number of piperidine rings is 1. The number of rotatable bonds is 3. The van der Waals surface area contributed by atoms with Crippen LogP contribution in [0.15, 0.2) is 17.2 Å². The van der Waals surface area contributed by atoms with Crippen molar-refractivity contribution in [1.29, 1.82) is 0 Å². The van der Waals surface area contributed by atoms with E-state index in [9.17, 15) is 8.42 Å². The second kappa shape index (κ2) is 5.85. The average Bonchev–Trinajstić information content (AvgIpc) is 2.38. The number of nitrogen functional groups attached to an aromatic ring is 1. The molecule has 1 aliphatic rings. The zero-order chi connectivity index (χ0) is 14.9. The van der Waals surface area contributed by atoms with E-state index in [-0.39, 0.29) is 27.8 Å². The molecule has 0 saturated carbocycles. The van der Waals surface area contributed by atoms with E-state index in [0.717, 1.165) is 19.3 Å². The maximum atomic E-state index is 12.7. The molecule has 0 aromatic carbocycles. The summed E-state index contributed by atoms with van der Waals surface area (Å²) in [6.07, 6.45) is 4.06. The number of anilines is 1. The van der Waals surface area contributed by atoms with Crippen LogP contribution in [0.25, 0.3) is 0 Å². The summed E-state index contributed by atoms with van der Waals surface area (Å²) in [5.41, 5.74) is 2.32. The highest BCUT2D eigenvalue weighted by Gasteiger charge is 2.36. The van der Waals surface area contributed by atoms with Gasteiger partial charge in [-0.3, -0.25) is 0 Å². The van der Waals surface area contributed by atoms with Crippen molar-refractivity contribution >= 4 is 27.4 Å². The topological polar surface area (TPSA) is 88.3 Å². The van der Waals surface area contributed by atoms with Crippen LogP contribution < -0.4 is 11.3 Å². The van der Waals surface area contributed by atoms with Crippen molar-refractivity contribution in [3.05, 3.63) is 17.3 Å². The van der Waals surface area contributed by atoms with Gasteiger partial charge in [0.05, 0.1) is 5.02 Å². The normalized spacial score (nSPS) is 24.6. The Balaban J connectivity index is 2.41. The largest absolute Gasteiger partial charge is 0.307 e. The Morgan fingerprint density at radius 2 is 2.00 bits per heavy atom. The van der Waals surface area contributed by atoms with Crippen LogP contribution in [0.5, 0.6) is 0 Å². The van der Waals surface area contributed by atoms with E-state index < -0.39 is 10.0 Å². The van der Waals surface area contributed by atoms with Crippen LogP contribution in [0.4, 0.5) is 5.82 Å². The van der Waals surface area contributed by atoms with Gasteiger partial charge in [0.25, 0.3) is 0 Å². The number of hydrogen-bond acceptors (Lipinski definition) is 5. The van der Waals surface area contributed by atoms with Gasteiger partial charge in [-0.05, 0) is 32.8 Å². The van der Waals surface area contributed by atoms with Gasteiger partial charge in [-0.2, -0.15) is 4.31 Å². The third kappa shape index (κ3) is 2.76. The van der Waals surface area contributed by atoms with Crippen molar-refractivity contribution in [3.63, 3.8) is 0 Å². The van der Waals surface area contributed by atoms with Crippen molar-refractivity contribution in [2.75, 3.05) is 5.43 Å².